The van der Waals surface area contributed by atoms with E-state index in [1.807, 2.05) is 18.2 Å². The third-order valence-corrected chi connectivity index (χ3v) is 3.70. The van der Waals surface area contributed by atoms with Crippen LogP contribution in [0.2, 0.25) is 0 Å². The molecule has 0 bridgehead atoms. The lowest BCUT2D eigenvalue weighted by atomic mass is 10.00. The maximum absolute atomic E-state index is 11.7. The Bertz CT molecular complexity index is 511. The average Bonchev–Trinajstić information content (AvgIpc) is 2.76. The highest BCUT2D eigenvalue weighted by molar-refractivity contribution is 5.96. The fourth-order valence-electron chi connectivity index (χ4n) is 2.56. The van der Waals surface area contributed by atoms with Gasteiger partial charge in [0.25, 0.3) is 0 Å². The lowest BCUT2D eigenvalue weighted by molar-refractivity contribution is -0.117. The Kier molecular flexibility index (Phi) is 2.86. The zero-order valence-electron chi connectivity index (χ0n) is 11.1. The van der Waals surface area contributed by atoms with Crippen molar-refractivity contribution in [3.63, 3.8) is 0 Å². The van der Waals surface area contributed by atoms with Crippen molar-refractivity contribution in [1.29, 1.82) is 0 Å². The summed E-state index contributed by atoms with van der Waals surface area (Å²) >= 11 is 0. The van der Waals surface area contributed by atoms with Crippen LogP contribution in [0.5, 0.6) is 0 Å². The Hall–Kier alpha value is -1.75. The van der Waals surface area contributed by atoms with Crippen molar-refractivity contribution in [2.24, 2.45) is 0 Å². The second kappa shape index (κ2) is 4.42. The number of nitrogens with zero attached hydrogens (tertiary/aromatic N) is 1. The van der Waals surface area contributed by atoms with Crippen molar-refractivity contribution in [3.05, 3.63) is 18.2 Å². The number of carbonyl (C=O) groups is 1. The molecule has 0 unspecified atom stereocenters. The summed E-state index contributed by atoms with van der Waals surface area (Å²) in [6.45, 7) is 4.28. The molecule has 0 atom stereocenters. The lowest BCUT2D eigenvalue weighted by Gasteiger charge is -2.40. The largest absolute Gasteiger partial charge is 0.397 e. The van der Waals surface area contributed by atoms with Gasteiger partial charge in [0, 0.05) is 18.7 Å². The van der Waals surface area contributed by atoms with Gasteiger partial charge in [-0.3, -0.25) is 4.79 Å². The molecule has 2 saturated heterocycles. The third-order valence-electron chi connectivity index (χ3n) is 3.70. The van der Waals surface area contributed by atoms with Crippen molar-refractivity contribution >= 4 is 23.0 Å². The number of carbonyl (C=O) groups excluding carboxylic acids is 1. The number of rotatable bonds is 3. The summed E-state index contributed by atoms with van der Waals surface area (Å²) in [5.74, 6) is 0.180. The molecule has 19 heavy (non-hydrogen) atoms. The van der Waals surface area contributed by atoms with Gasteiger partial charge in [0.1, 0.15) is 0 Å². The molecule has 3 rings (SSSR count). The minimum Gasteiger partial charge on any atom is -0.397 e. The van der Waals surface area contributed by atoms with Crippen LogP contribution in [-0.4, -0.2) is 31.2 Å². The molecule has 0 aromatic heterocycles. The van der Waals surface area contributed by atoms with E-state index >= 15 is 0 Å². The highest BCUT2D eigenvalue weighted by Crippen LogP contribution is 2.31. The van der Waals surface area contributed by atoms with Gasteiger partial charge in [0.2, 0.25) is 5.91 Å². The van der Waals surface area contributed by atoms with Crippen LogP contribution in [0.1, 0.15) is 19.8 Å². The number of nitrogens with one attached hydrogen (secondary N) is 1. The van der Waals surface area contributed by atoms with Gasteiger partial charge in [-0.25, -0.2) is 0 Å². The minimum atomic E-state index is -0.0287. The van der Waals surface area contributed by atoms with Crippen LogP contribution in [0.3, 0.4) is 0 Å². The second-order valence-electron chi connectivity index (χ2n) is 5.60. The predicted octanol–water partition coefficient (Wildman–Crippen LogP) is 1.60. The first-order valence-electron chi connectivity index (χ1n) is 6.63. The molecule has 0 saturated carbocycles. The number of ether oxygens (including phenoxy) is 1. The van der Waals surface area contributed by atoms with Gasteiger partial charge in [-0.1, -0.05) is 0 Å². The summed E-state index contributed by atoms with van der Waals surface area (Å²) in [6, 6.07) is 5.76. The Balaban J connectivity index is 1.79. The number of hydrogen-bond donors (Lipinski definition) is 2. The van der Waals surface area contributed by atoms with E-state index in [1.165, 1.54) is 0 Å². The van der Waals surface area contributed by atoms with Gasteiger partial charge in [0.05, 0.1) is 30.1 Å². The predicted molar refractivity (Wildman–Crippen MR) is 75.3 cm³/mol. The van der Waals surface area contributed by atoms with E-state index in [0.29, 0.717) is 25.3 Å². The Morgan fingerprint density at radius 1 is 1.42 bits per heavy atom. The summed E-state index contributed by atoms with van der Waals surface area (Å²) in [5, 5.41) is 3.40. The number of hydrogen-bond acceptors (Lipinski definition) is 4. The number of nitrogens with two attached hydrogens (primary N) is 1. The Labute approximate surface area is 112 Å². The van der Waals surface area contributed by atoms with Crippen molar-refractivity contribution < 1.29 is 9.53 Å². The number of benzene rings is 1. The van der Waals surface area contributed by atoms with Crippen LogP contribution in [0.15, 0.2) is 18.2 Å². The van der Waals surface area contributed by atoms with Gasteiger partial charge in [-0.05, 0) is 31.5 Å². The SMILES string of the molecule is CC1(Nc2ccc(N3CCCC3=O)cc2N)COC1. The molecule has 1 aromatic carbocycles. The zero-order chi connectivity index (χ0) is 13.5. The van der Waals surface area contributed by atoms with E-state index in [4.69, 9.17) is 10.5 Å². The summed E-state index contributed by atoms with van der Waals surface area (Å²) in [4.78, 5) is 13.5. The molecule has 0 radical (unpaired) electrons. The van der Waals surface area contributed by atoms with Gasteiger partial charge in [-0.15, -0.1) is 0 Å². The zero-order valence-corrected chi connectivity index (χ0v) is 11.1. The fourth-order valence-corrected chi connectivity index (χ4v) is 2.56. The quantitative estimate of drug-likeness (QED) is 0.811. The smallest absolute Gasteiger partial charge is 0.227 e. The maximum Gasteiger partial charge on any atom is 0.227 e. The monoisotopic (exact) mass is 261 g/mol. The van der Waals surface area contributed by atoms with Gasteiger partial charge in [0.15, 0.2) is 0 Å². The lowest BCUT2D eigenvalue weighted by Crippen LogP contribution is -2.53. The first kappa shape index (κ1) is 12.3. The fraction of sp³-hybridized carbons (Fsp3) is 0.500. The van der Waals surface area contributed by atoms with Crippen molar-refractivity contribution in [1.82, 2.24) is 0 Å². The Morgan fingerprint density at radius 2 is 2.21 bits per heavy atom. The average molecular weight is 261 g/mol. The first-order chi connectivity index (χ1) is 9.07. The van der Waals surface area contributed by atoms with E-state index in [0.717, 1.165) is 24.3 Å². The topological polar surface area (TPSA) is 67.6 Å². The second-order valence-corrected chi connectivity index (χ2v) is 5.60. The molecule has 1 aromatic rings. The number of amides is 1. The van der Waals surface area contributed by atoms with Crippen LogP contribution in [0, 0.1) is 0 Å². The summed E-state index contributed by atoms with van der Waals surface area (Å²) in [6.07, 6.45) is 1.56. The normalized spacial score (nSPS) is 21.3. The van der Waals surface area contributed by atoms with Gasteiger partial charge in [-0.2, -0.15) is 0 Å². The highest BCUT2D eigenvalue weighted by atomic mass is 16.5. The molecule has 2 heterocycles. The standard InChI is InChI=1S/C14H19N3O2/c1-14(8-19-9-14)16-12-5-4-10(7-11(12)15)17-6-2-3-13(17)18/h4-5,7,16H,2-3,6,8-9,15H2,1H3. The molecule has 0 aliphatic carbocycles. The number of anilines is 3. The molecule has 5 nitrogen and oxygen atoms in total. The maximum atomic E-state index is 11.7. The summed E-state index contributed by atoms with van der Waals surface area (Å²) in [5.41, 5.74) is 8.52. The van der Waals surface area contributed by atoms with Crippen LogP contribution in [-0.2, 0) is 9.53 Å². The van der Waals surface area contributed by atoms with Crippen molar-refractivity contribution in [2.45, 2.75) is 25.3 Å². The molecule has 2 aliphatic rings. The summed E-state index contributed by atoms with van der Waals surface area (Å²) < 4.78 is 5.21. The van der Waals surface area contributed by atoms with E-state index in [-0.39, 0.29) is 11.4 Å². The minimum absolute atomic E-state index is 0.0287. The molecule has 5 heteroatoms. The molecule has 1 amide bonds. The third kappa shape index (κ3) is 2.26. The molecule has 3 N–H and O–H groups in total. The van der Waals surface area contributed by atoms with Crippen LogP contribution in [0.4, 0.5) is 17.1 Å². The molecule has 0 spiro atoms. The molecule has 2 aliphatic heterocycles. The molecular weight excluding hydrogens is 242 g/mol. The van der Waals surface area contributed by atoms with Crippen LogP contribution < -0.4 is 16.0 Å². The van der Waals surface area contributed by atoms with Crippen LogP contribution in [0.25, 0.3) is 0 Å². The molecule has 2 fully saturated rings. The van der Waals surface area contributed by atoms with Crippen molar-refractivity contribution in [2.75, 3.05) is 35.7 Å². The van der Waals surface area contributed by atoms with E-state index < -0.39 is 0 Å². The molecule has 102 valence electrons. The molecular formula is C14H19N3O2. The number of nitrogen functional groups attached to an aromatic ring is 1. The first-order valence-corrected chi connectivity index (χ1v) is 6.63. The van der Waals surface area contributed by atoms with Gasteiger partial charge >= 0.3 is 0 Å². The van der Waals surface area contributed by atoms with E-state index in [2.05, 4.69) is 12.2 Å². The van der Waals surface area contributed by atoms with Gasteiger partial charge < -0.3 is 20.7 Å². The van der Waals surface area contributed by atoms with Crippen LogP contribution >= 0.6 is 0 Å². The van der Waals surface area contributed by atoms with E-state index in [1.54, 1.807) is 4.90 Å². The Morgan fingerprint density at radius 3 is 2.74 bits per heavy atom. The van der Waals surface area contributed by atoms with Crippen molar-refractivity contribution in [3.8, 4) is 0 Å². The highest BCUT2D eigenvalue weighted by Gasteiger charge is 2.33. The van der Waals surface area contributed by atoms with E-state index in [9.17, 15) is 4.79 Å². The summed E-state index contributed by atoms with van der Waals surface area (Å²) in [7, 11) is 0.